The minimum Gasteiger partial charge on any atom is -0.300 e. The first-order valence-electron chi connectivity index (χ1n) is 8.21. The second-order valence-corrected chi connectivity index (χ2v) is 6.28. The Balaban J connectivity index is 1.91. The predicted molar refractivity (Wildman–Crippen MR) is 97.0 cm³/mol. The van der Waals surface area contributed by atoms with Crippen LogP contribution in [0.1, 0.15) is 35.3 Å². The van der Waals surface area contributed by atoms with Crippen molar-refractivity contribution in [3.8, 4) is 0 Å². The molecular weight excluding hydrogens is 339 g/mol. The fourth-order valence-electron chi connectivity index (χ4n) is 2.74. The number of halogens is 2. The molecule has 0 saturated heterocycles. The minimum absolute atomic E-state index is 0.167. The van der Waals surface area contributed by atoms with Crippen molar-refractivity contribution in [2.45, 2.75) is 33.0 Å². The molecule has 2 aromatic carbocycles. The molecule has 0 spiro atoms. The zero-order valence-corrected chi connectivity index (χ0v) is 15.0. The average molecular weight is 359 g/mol. The van der Waals surface area contributed by atoms with Gasteiger partial charge in [-0.15, -0.1) is 0 Å². The van der Waals surface area contributed by atoms with E-state index in [2.05, 4.69) is 15.5 Å². The van der Waals surface area contributed by atoms with Crippen molar-refractivity contribution in [3.63, 3.8) is 0 Å². The van der Waals surface area contributed by atoms with E-state index in [1.165, 1.54) is 6.07 Å². The Morgan fingerprint density at radius 1 is 1.24 bits per heavy atom. The largest absolute Gasteiger partial charge is 0.300 e. The van der Waals surface area contributed by atoms with Crippen molar-refractivity contribution in [1.82, 2.24) is 20.3 Å². The molecule has 1 N–H and O–H groups in total. The SMILES string of the molecule is CCn1ncc(CNC(c2ccc(F)c(C)c2)c2ccccc2Cl)n1. The van der Waals surface area contributed by atoms with Crippen LogP contribution in [0, 0.1) is 12.7 Å². The van der Waals surface area contributed by atoms with Gasteiger partial charge < -0.3 is 5.32 Å². The molecule has 130 valence electrons. The molecule has 0 radical (unpaired) electrons. The third kappa shape index (κ3) is 4.06. The average Bonchev–Trinajstić information content (AvgIpc) is 3.07. The van der Waals surface area contributed by atoms with Crippen LogP contribution in [0.2, 0.25) is 5.02 Å². The highest BCUT2D eigenvalue weighted by molar-refractivity contribution is 6.31. The number of hydrogen-bond donors (Lipinski definition) is 1. The minimum atomic E-state index is -0.215. The molecule has 0 bridgehead atoms. The first kappa shape index (κ1) is 17.6. The maximum Gasteiger partial charge on any atom is 0.126 e. The first-order valence-corrected chi connectivity index (χ1v) is 8.59. The van der Waals surface area contributed by atoms with Gasteiger partial charge in [-0.05, 0) is 42.7 Å². The van der Waals surface area contributed by atoms with Crippen molar-refractivity contribution >= 4 is 11.6 Å². The monoisotopic (exact) mass is 358 g/mol. The van der Waals surface area contributed by atoms with Gasteiger partial charge in [0.25, 0.3) is 0 Å². The van der Waals surface area contributed by atoms with E-state index in [1.54, 1.807) is 24.0 Å². The summed E-state index contributed by atoms with van der Waals surface area (Å²) >= 11 is 6.40. The molecule has 1 heterocycles. The highest BCUT2D eigenvalue weighted by Crippen LogP contribution is 2.29. The van der Waals surface area contributed by atoms with Crippen molar-refractivity contribution in [3.05, 3.63) is 81.9 Å². The molecular formula is C19H20ClFN4. The molecule has 1 atom stereocenters. The van der Waals surface area contributed by atoms with E-state index in [4.69, 9.17) is 11.6 Å². The Kier molecular flexibility index (Phi) is 5.46. The molecule has 6 heteroatoms. The number of nitrogens with zero attached hydrogens (tertiary/aromatic N) is 3. The van der Waals surface area contributed by atoms with Gasteiger partial charge in [0.2, 0.25) is 0 Å². The molecule has 0 saturated carbocycles. The van der Waals surface area contributed by atoms with Crippen LogP contribution in [0.5, 0.6) is 0 Å². The zero-order chi connectivity index (χ0) is 17.8. The number of nitrogens with one attached hydrogen (secondary N) is 1. The quantitative estimate of drug-likeness (QED) is 0.715. The fraction of sp³-hybridized carbons (Fsp3) is 0.263. The van der Waals surface area contributed by atoms with E-state index < -0.39 is 0 Å². The lowest BCUT2D eigenvalue weighted by atomic mass is 9.97. The van der Waals surface area contributed by atoms with Gasteiger partial charge in [-0.1, -0.05) is 41.9 Å². The van der Waals surface area contributed by atoms with Crippen LogP contribution in [0.4, 0.5) is 4.39 Å². The normalized spacial score (nSPS) is 12.3. The number of hydrogen-bond acceptors (Lipinski definition) is 3. The summed E-state index contributed by atoms with van der Waals surface area (Å²) in [6, 6.07) is 12.6. The second-order valence-electron chi connectivity index (χ2n) is 5.87. The van der Waals surface area contributed by atoms with Crippen LogP contribution in [0.3, 0.4) is 0 Å². The number of benzene rings is 2. The summed E-state index contributed by atoms with van der Waals surface area (Å²) < 4.78 is 13.7. The smallest absolute Gasteiger partial charge is 0.126 e. The molecule has 1 unspecified atom stereocenters. The maximum atomic E-state index is 13.7. The summed E-state index contributed by atoms with van der Waals surface area (Å²) in [6.07, 6.45) is 1.75. The Bertz CT molecular complexity index is 862. The van der Waals surface area contributed by atoms with Gasteiger partial charge in [0, 0.05) is 11.6 Å². The highest BCUT2D eigenvalue weighted by atomic mass is 35.5. The van der Waals surface area contributed by atoms with Gasteiger partial charge in [0.1, 0.15) is 5.82 Å². The second kappa shape index (κ2) is 7.76. The van der Waals surface area contributed by atoms with E-state index in [1.807, 2.05) is 37.3 Å². The van der Waals surface area contributed by atoms with Crippen molar-refractivity contribution in [1.29, 1.82) is 0 Å². The number of aromatic nitrogens is 3. The lowest BCUT2D eigenvalue weighted by molar-refractivity contribution is 0.547. The van der Waals surface area contributed by atoms with Crippen molar-refractivity contribution in [2.24, 2.45) is 0 Å². The topological polar surface area (TPSA) is 42.7 Å². The van der Waals surface area contributed by atoms with Crippen LogP contribution in [0.25, 0.3) is 0 Å². The van der Waals surface area contributed by atoms with Crippen LogP contribution >= 0.6 is 11.6 Å². The Labute approximate surface area is 151 Å². The van der Waals surface area contributed by atoms with Crippen LogP contribution < -0.4 is 5.32 Å². The first-order chi connectivity index (χ1) is 12.1. The van der Waals surface area contributed by atoms with Crippen molar-refractivity contribution in [2.75, 3.05) is 0 Å². The van der Waals surface area contributed by atoms with Crippen LogP contribution in [-0.4, -0.2) is 15.0 Å². The van der Waals surface area contributed by atoms with Gasteiger partial charge in [-0.25, -0.2) is 4.39 Å². The van der Waals surface area contributed by atoms with Gasteiger partial charge in [-0.2, -0.15) is 15.0 Å². The lowest BCUT2D eigenvalue weighted by Gasteiger charge is -2.21. The molecule has 0 fully saturated rings. The van der Waals surface area contributed by atoms with E-state index in [0.717, 1.165) is 23.4 Å². The molecule has 0 aliphatic heterocycles. The van der Waals surface area contributed by atoms with Gasteiger partial charge in [-0.3, -0.25) is 0 Å². The molecule has 4 nitrogen and oxygen atoms in total. The highest BCUT2D eigenvalue weighted by Gasteiger charge is 2.18. The Morgan fingerprint density at radius 2 is 2.04 bits per heavy atom. The van der Waals surface area contributed by atoms with E-state index in [-0.39, 0.29) is 11.9 Å². The number of rotatable bonds is 6. The van der Waals surface area contributed by atoms with Gasteiger partial charge in [0.05, 0.1) is 24.5 Å². The summed E-state index contributed by atoms with van der Waals surface area (Å²) in [4.78, 5) is 1.64. The number of aryl methyl sites for hydroxylation is 2. The standard InChI is InChI=1S/C19H20ClFN4/c1-3-25-23-12-15(24-25)11-22-19(16-6-4-5-7-17(16)20)14-8-9-18(21)13(2)10-14/h4-10,12,19,22H,3,11H2,1-2H3. The molecule has 25 heavy (non-hydrogen) atoms. The Morgan fingerprint density at radius 3 is 2.72 bits per heavy atom. The summed E-state index contributed by atoms with van der Waals surface area (Å²) in [5.41, 5.74) is 3.35. The molecule has 0 amide bonds. The van der Waals surface area contributed by atoms with E-state index >= 15 is 0 Å². The van der Waals surface area contributed by atoms with E-state index in [9.17, 15) is 4.39 Å². The Hall–Kier alpha value is -2.24. The molecule has 1 aromatic heterocycles. The molecule has 3 rings (SSSR count). The summed E-state index contributed by atoms with van der Waals surface area (Å²) in [5, 5.41) is 12.7. The third-order valence-corrected chi connectivity index (χ3v) is 4.43. The fourth-order valence-corrected chi connectivity index (χ4v) is 2.98. The van der Waals surface area contributed by atoms with Crippen molar-refractivity contribution < 1.29 is 4.39 Å². The van der Waals surface area contributed by atoms with Gasteiger partial charge in [0.15, 0.2) is 0 Å². The van der Waals surface area contributed by atoms with E-state index in [0.29, 0.717) is 17.1 Å². The maximum absolute atomic E-state index is 13.7. The summed E-state index contributed by atoms with van der Waals surface area (Å²) in [5.74, 6) is -0.215. The summed E-state index contributed by atoms with van der Waals surface area (Å²) in [6.45, 7) is 5.01. The van der Waals surface area contributed by atoms with Crippen LogP contribution in [-0.2, 0) is 13.1 Å². The third-order valence-electron chi connectivity index (χ3n) is 4.09. The van der Waals surface area contributed by atoms with Crippen LogP contribution in [0.15, 0.2) is 48.7 Å². The molecule has 0 aliphatic rings. The lowest BCUT2D eigenvalue weighted by Crippen LogP contribution is -2.23. The molecule has 0 aliphatic carbocycles. The zero-order valence-electron chi connectivity index (χ0n) is 14.2. The van der Waals surface area contributed by atoms with Gasteiger partial charge >= 0.3 is 0 Å². The molecule has 3 aromatic rings. The summed E-state index contributed by atoms with van der Waals surface area (Å²) in [7, 11) is 0. The predicted octanol–water partition coefficient (Wildman–Crippen LogP) is 4.28.